The van der Waals surface area contributed by atoms with Crippen LogP contribution in [0.25, 0.3) is 10.9 Å². The quantitative estimate of drug-likeness (QED) is 0.564. The number of ether oxygens (including phenoxy) is 3. The van der Waals surface area contributed by atoms with Crippen LogP contribution >= 0.6 is 0 Å². The lowest BCUT2D eigenvalue weighted by molar-refractivity contribution is -0.161. The zero-order valence-corrected chi connectivity index (χ0v) is 21.6. The molecule has 2 aromatic carbocycles. The number of hydrogen-bond donors (Lipinski definition) is 1. The van der Waals surface area contributed by atoms with Crippen molar-refractivity contribution in [2.75, 3.05) is 27.9 Å². The highest BCUT2D eigenvalue weighted by atomic mass is 16.5. The van der Waals surface area contributed by atoms with Gasteiger partial charge < -0.3 is 29.0 Å². The van der Waals surface area contributed by atoms with Crippen molar-refractivity contribution in [3.05, 3.63) is 53.2 Å². The minimum absolute atomic E-state index is 0.0294. The molecule has 2 amide bonds. The number of aromatic amines is 1. The number of carbonyl (C=O) groups excluding carboxylic acids is 2. The molecule has 1 N–H and O–H groups in total. The van der Waals surface area contributed by atoms with E-state index in [1.165, 1.54) is 6.42 Å². The van der Waals surface area contributed by atoms with E-state index in [1.807, 2.05) is 35.2 Å². The molecule has 2 fully saturated rings. The van der Waals surface area contributed by atoms with Gasteiger partial charge in [-0.2, -0.15) is 0 Å². The third kappa shape index (κ3) is 3.72. The van der Waals surface area contributed by atoms with Crippen molar-refractivity contribution in [3.8, 4) is 17.2 Å². The van der Waals surface area contributed by atoms with Crippen LogP contribution in [-0.4, -0.2) is 66.6 Å². The molecule has 8 nitrogen and oxygen atoms in total. The average molecular weight is 504 g/mol. The van der Waals surface area contributed by atoms with Gasteiger partial charge in [0.15, 0.2) is 11.5 Å². The number of nitrogens with one attached hydrogen (secondary N) is 1. The van der Waals surface area contributed by atoms with E-state index in [-0.39, 0.29) is 24.4 Å². The SMILES string of the molecule is COc1cc([C@@H]2c3[nH]c4ccccc4c3C[C@@H]3C(=O)N(C4CCCCC4)CC(=O)N23)cc(OC)c1OC. The van der Waals surface area contributed by atoms with E-state index in [2.05, 4.69) is 11.1 Å². The van der Waals surface area contributed by atoms with Gasteiger partial charge >= 0.3 is 0 Å². The minimum atomic E-state index is -0.557. The Labute approximate surface area is 216 Å². The molecule has 0 spiro atoms. The molecular weight excluding hydrogens is 470 g/mol. The molecule has 1 aromatic heterocycles. The Hall–Kier alpha value is -3.68. The van der Waals surface area contributed by atoms with Gasteiger partial charge in [0.25, 0.3) is 0 Å². The number of rotatable bonds is 5. The van der Waals surface area contributed by atoms with Gasteiger partial charge in [-0.1, -0.05) is 37.5 Å². The van der Waals surface area contributed by atoms with Crippen molar-refractivity contribution in [1.29, 1.82) is 0 Å². The Morgan fingerprint density at radius 2 is 1.62 bits per heavy atom. The van der Waals surface area contributed by atoms with Crippen LogP contribution in [0.1, 0.15) is 55.0 Å². The first-order valence-corrected chi connectivity index (χ1v) is 13.1. The summed E-state index contributed by atoms with van der Waals surface area (Å²) in [4.78, 5) is 35.2. The first-order chi connectivity index (χ1) is 18.0. The number of aromatic nitrogens is 1. The molecule has 3 aromatic rings. The van der Waals surface area contributed by atoms with E-state index in [0.29, 0.717) is 23.7 Å². The number of nitrogens with zero attached hydrogens (tertiary/aromatic N) is 2. The highest BCUT2D eigenvalue weighted by Gasteiger charge is 2.49. The number of para-hydroxylation sites is 1. The summed E-state index contributed by atoms with van der Waals surface area (Å²) in [6, 6.07) is 11.0. The van der Waals surface area contributed by atoms with Crippen LogP contribution in [0.3, 0.4) is 0 Å². The molecule has 3 heterocycles. The maximum absolute atomic E-state index is 14.0. The average Bonchev–Trinajstić information content (AvgIpc) is 3.31. The number of carbonyl (C=O) groups is 2. The molecule has 6 rings (SSSR count). The normalized spacial score (nSPS) is 22.1. The molecular formula is C29H33N3O5. The van der Waals surface area contributed by atoms with Gasteiger partial charge in [-0.05, 0) is 42.2 Å². The molecule has 2 atom stereocenters. The molecule has 8 heteroatoms. The lowest BCUT2D eigenvalue weighted by atomic mass is 9.85. The fraction of sp³-hybridized carbons (Fsp3) is 0.448. The zero-order valence-electron chi connectivity index (χ0n) is 21.6. The first-order valence-electron chi connectivity index (χ1n) is 13.1. The molecule has 0 radical (unpaired) electrons. The monoisotopic (exact) mass is 503 g/mol. The second-order valence-electron chi connectivity index (χ2n) is 10.2. The minimum Gasteiger partial charge on any atom is -0.493 e. The summed E-state index contributed by atoms with van der Waals surface area (Å²) in [5.74, 6) is 1.54. The zero-order chi connectivity index (χ0) is 25.7. The number of fused-ring (bicyclic) bond motifs is 4. The number of amides is 2. The van der Waals surface area contributed by atoms with Crippen LogP contribution in [0.2, 0.25) is 0 Å². The van der Waals surface area contributed by atoms with Crippen LogP contribution in [0.4, 0.5) is 0 Å². The summed E-state index contributed by atoms with van der Waals surface area (Å²) in [5.41, 5.74) is 3.81. The lowest BCUT2D eigenvalue weighted by Gasteiger charge is -2.49. The van der Waals surface area contributed by atoms with Gasteiger partial charge in [-0.15, -0.1) is 0 Å². The molecule has 1 saturated carbocycles. The maximum atomic E-state index is 14.0. The van der Waals surface area contributed by atoms with Crippen molar-refractivity contribution in [1.82, 2.24) is 14.8 Å². The van der Waals surface area contributed by atoms with Crippen molar-refractivity contribution < 1.29 is 23.8 Å². The van der Waals surface area contributed by atoms with Crippen LogP contribution in [0, 0.1) is 0 Å². The van der Waals surface area contributed by atoms with Gasteiger partial charge in [0.1, 0.15) is 12.6 Å². The van der Waals surface area contributed by atoms with E-state index in [0.717, 1.165) is 53.4 Å². The Kier molecular flexibility index (Phi) is 5.97. The predicted octanol–water partition coefficient (Wildman–Crippen LogP) is 4.21. The van der Waals surface area contributed by atoms with Crippen molar-refractivity contribution >= 4 is 22.7 Å². The van der Waals surface area contributed by atoms with Gasteiger partial charge in [-0.25, -0.2) is 0 Å². The van der Waals surface area contributed by atoms with Crippen LogP contribution in [0.15, 0.2) is 36.4 Å². The van der Waals surface area contributed by atoms with Crippen LogP contribution in [-0.2, 0) is 16.0 Å². The highest BCUT2D eigenvalue weighted by Crippen LogP contribution is 2.47. The summed E-state index contributed by atoms with van der Waals surface area (Å²) < 4.78 is 16.8. The number of H-pyrrole nitrogens is 1. The van der Waals surface area contributed by atoms with Crippen LogP contribution < -0.4 is 14.2 Å². The molecule has 1 saturated heterocycles. The third-order valence-electron chi connectivity index (χ3n) is 8.31. The fourth-order valence-corrected chi connectivity index (χ4v) is 6.59. The standard InChI is InChI=1S/C29H33N3O5/c1-35-23-13-17(14-24(36-2)28(23)37-3)27-26-20(19-11-7-8-12-21(19)30-26)15-22-29(34)31(16-25(33)32(22)27)18-9-5-4-6-10-18/h7-8,11-14,18,22,27,30H,4-6,9-10,15-16H2,1-3H3/t22-,27-/m1/s1. The van der Waals surface area contributed by atoms with Gasteiger partial charge in [0, 0.05) is 29.1 Å². The molecule has 3 aliphatic rings. The molecule has 0 bridgehead atoms. The van der Waals surface area contributed by atoms with E-state index in [9.17, 15) is 9.59 Å². The largest absolute Gasteiger partial charge is 0.493 e. The van der Waals surface area contributed by atoms with E-state index in [1.54, 1.807) is 26.2 Å². The summed E-state index contributed by atoms with van der Waals surface area (Å²) >= 11 is 0. The number of benzene rings is 2. The molecule has 2 aliphatic heterocycles. The van der Waals surface area contributed by atoms with Gasteiger partial charge in [0.05, 0.1) is 27.4 Å². The lowest BCUT2D eigenvalue weighted by Crippen LogP contribution is -2.65. The summed E-state index contributed by atoms with van der Waals surface area (Å²) in [6.45, 7) is 0.122. The van der Waals surface area contributed by atoms with Crippen molar-refractivity contribution in [2.45, 2.75) is 56.7 Å². The van der Waals surface area contributed by atoms with Crippen molar-refractivity contribution in [2.24, 2.45) is 0 Å². The number of methoxy groups -OCH3 is 3. The van der Waals surface area contributed by atoms with Crippen LogP contribution in [0.5, 0.6) is 17.2 Å². The summed E-state index contributed by atoms with van der Waals surface area (Å²) in [6.07, 6.45) is 5.86. The summed E-state index contributed by atoms with van der Waals surface area (Å²) in [7, 11) is 4.73. The van der Waals surface area contributed by atoms with E-state index in [4.69, 9.17) is 14.2 Å². The fourth-order valence-electron chi connectivity index (χ4n) is 6.59. The molecule has 194 valence electrons. The molecule has 0 unspecified atom stereocenters. The molecule has 1 aliphatic carbocycles. The predicted molar refractivity (Wildman–Crippen MR) is 139 cm³/mol. The second kappa shape index (κ2) is 9.32. The Morgan fingerprint density at radius 3 is 2.30 bits per heavy atom. The van der Waals surface area contributed by atoms with E-state index >= 15 is 0 Å². The van der Waals surface area contributed by atoms with Gasteiger partial charge in [0.2, 0.25) is 17.6 Å². The second-order valence-corrected chi connectivity index (χ2v) is 10.2. The van der Waals surface area contributed by atoms with E-state index < -0.39 is 12.1 Å². The summed E-state index contributed by atoms with van der Waals surface area (Å²) in [5, 5.41) is 1.09. The maximum Gasteiger partial charge on any atom is 0.246 e. The smallest absolute Gasteiger partial charge is 0.246 e. The number of hydrogen-bond acceptors (Lipinski definition) is 5. The van der Waals surface area contributed by atoms with Crippen molar-refractivity contribution in [3.63, 3.8) is 0 Å². The first kappa shape index (κ1) is 23.7. The Bertz CT molecular complexity index is 1330. The van der Waals surface area contributed by atoms with Gasteiger partial charge in [-0.3, -0.25) is 9.59 Å². The topological polar surface area (TPSA) is 84.1 Å². The Balaban J connectivity index is 1.52. The number of piperazine rings is 1. The Morgan fingerprint density at radius 1 is 0.919 bits per heavy atom. The molecule has 37 heavy (non-hydrogen) atoms. The highest BCUT2D eigenvalue weighted by molar-refractivity contribution is 5.98. The third-order valence-corrected chi connectivity index (χ3v) is 8.31.